The van der Waals surface area contributed by atoms with Gasteiger partial charge in [0, 0.05) is 0 Å². The van der Waals surface area contributed by atoms with E-state index in [0.717, 1.165) is 12.8 Å². The van der Waals surface area contributed by atoms with Crippen molar-refractivity contribution >= 4 is 0 Å². The van der Waals surface area contributed by atoms with Crippen LogP contribution in [-0.2, 0) is 0 Å². The molecule has 0 amide bonds. The Morgan fingerprint density at radius 1 is 1.33 bits per heavy atom. The predicted molar refractivity (Wildman–Crippen MR) is 47.4 cm³/mol. The third-order valence-electron chi connectivity index (χ3n) is 2.61. The summed E-state index contributed by atoms with van der Waals surface area (Å²) >= 11 is 0. The second-order valence-electron chi connectivity index (χ2n) is 5.08. The Hall–Kier alpha value is -0.550. The monoisotopic (exact) mass is 167 g/mol. The molecule has 0 radical (unpaired) electrons. The quantitative estimate of drug-likeness (QED) is 0.600. The third-order valence-corrected chi connectivity index (χ3v) is 2.61. The molecule has 0 unspecified atom stereocenters. The molecule has 2 nitrogen and oxygen atoms in total. The van der Waals surface area contributed by atoms with E-state index in [-0.39, 0.29) is 16.9 Å². The first kappa shape index (κ1) is 9.54. The summed E-state index contributed by atoms with van der Waals surface area (Å²) in [5.74, 6) is 0. The van der Waals surface area contributed by atoms with E-state index >= 15 is 0 Å². The topological polar surface area (TPSA) is 44.0 Å². The molecule has 12 heavy (non-hydrogen) atoms. The Balaban J connectivity index is 2.78. The highest BCUT2D eigenvalue weighted by Crippen LogP contribution is 2.45. The molecule has 0 bridgehead atoms. The van der Waals surface area contributed by atoms with Crippen LogP contribution in [0, 0.1) is 22.2 Å². The second-order valence-corrected chi connectivity index (χ2v) is 5.08. The van der Waals surface area contributed by atoms with Crippen LogP contribution in [-0.4, -0.2) is 11.2 Å². The number of nitrogens with zero attached hydrogens (tertiary/aromatic N) is 1. The summed E-state index contributed by atoms with van der Waals surface area (Å²) < 4.78 is 0. The van der Waals surface area contributed by atoms with Gasteiger partial charge in [0.25, 0.3) is 0 Å². The Labute approximate surface area is 74.2 Å². The van der Waals surface area contributed by atoms with Gasteiger partial charge in [0.1, 0.15) is 0 Å². The maximum absolute atomic E-state index is 9.56. The van der Waals surface area contributed by atoms with E-state index in [0.29, 0.717) is 6.42 Å². The van der Waals surface area contributed by atoms with Crippen LogP contribution in [0.25, 0.3) is 0 Å². The number of aliphatic hydroxyl groups excluding tert-OH is 1. The molecule has 1 fully saturated rings. The smallest absolute Gasteiger partial charge is 0.0688 e. The van der Waals surface area contributed by atoms with Gasteiger partial charge in [0.15, 0.2) is 0 Å². The number of aliphatic hydroxyl groups is 1. The van der Waals surface area contributed by atoms with Gasteiger partial charge in [-0.05, 0) is 31.6 Å². The highest BCUT2D eigenvalue weighted by atomic mass is 16.3. The number of nitriles is 1. The lowest BCUT2D eigenvalue weighted by atomic mass is 9.64. The fraction of sp³-hybridized carbons (Fsp3) is 0.900. The zero-order chi connectivity index (χ0) is 9.41. The molecule has 1 rings (SSSR count). The molecule has 1 aliphatic rings. The van der Waals surface area contributed by atoms with Crippen molar-refractivity contribution in [3.63, 3.8) is 0 Å². The SMILES string of the molecule is CC1(C)C[C@@H](O)C[C@@](C)(C#N)C1. The Morgan fingerprint density at radius 2 is 1.92 bits per heavy atom. The summed E-state index contributed by atoms with van der Waals surface area (Å²) in [6, 6.07) is 2.31. The van der Waals surface area contributed by atoms with Crippen molar-refractivity contribution in [2.75, 3.05) is 0 Å². The molecule has 0 saturated heterocycles. The standard InChI is InChI=1S/C10H17NO/c1-9(2)4-8(12)5-10(3,6-9)7-11/h8,12H,4-6H2,1-3H3/t8-,10-/m1/s1. The van der Waals surface area contributed by atoms with Gasteiger partial charge in [-0.25, -0.2) is 0 Å². The minimum atomic E-state index is -0.318. The Kier molecular flexibility index (Phi) is 2.18. The molecule has 1 aliphatic carbocycles. The van der Waals surface area contributed by atoms with E-state index < -0.39 is 0 Å². The molecule has 0 aromatic rings. The number of hydrogen-bond acceptors (Lipinski definition) is 2. The first-order valence-electron chi connectivity index (χ1n) is 4.46. The summed E-state index contributed by atoms with van der Waals surface area (Å²) in [5, 5.41) is 18.5. The van der Waals surface area contributed by atoms with Crippen molar-refractivity contribution < 1.29 is 5.11 Å². The molecule has 1 saturated carbocycles. The van der Waals surface area contributed by atoms with E-state index in [1.165, 1.54) is 0 Å². The zero-order valence-electron chi connectivity index (χ0n) is 8.09. The van der Waals surface area contributed by atoms with E-state index in [4.69, 9.17) is 5.26 Å². The second kappa shape index (κ2) is 2.74. The van der Waals surface area contributed by atoms with Crippen molar-refractivity contribution in [1.82, 2.24) is 0 Å². The zero-order valence-corrected chi connectivity index (χ0v) is 8.09. The van der Waals surface area contributed by atoms with Crippen LogP contribution in [0.2, 0.25) is 0 Å². The lowest BCUT2D eigenvalue weighted by molar-refractivity contribution is 0.0148. The minimum absolute atomic E-state index is 0.113. The largest absolute Gasteiger partial charge is 0.393 e. The normalized spacial score (nSPS) is 40.4. The van der Waals surface area contributed by atoms with Gasteiger partial charge in [0.2, 0.25) is 0 Å². The molecule has 2 atom stereocenters. The van der Waals surface area contributed by atoms with Gasteiger partial charge < -0.3 is 5.11 Å². The average Bonchev–Trinajstić information content (AvgIpc) is 1.82. The Bertz CT molecular complexity index is 216. The summed E-state index contributed by atoms with van der Waals surface area (Å²) in [4.78, 5) is 0. The molecular weight excluding hydrogens is 150 g/mol. The van der Waals surface area contributed by atoms with Gasteiger partial charge in [-0.15, -0.1) is 0 Å². The highest BCUT2D eigenvalue weighted by molar-refractivity contribution is 5.03. The van der Waals surface area contributed by atoms with Crippen molar-refractivity contribution in [3.05, 3.63) is 0 Å². The van der Waals surface area contributed by atoms with Crippen LogP contribution < -0.4 is 0 Å². The molecule has 0 aliphatic heterocycles. The van der Waals surface area contributed by atoms with Crippen LogP contribution in [0.4, 0.5) is 0 Å². The Morgan fingerprint density at radius 3 is 2.33 bits per heavy atom. The maximum atomic E-state index is 9.56. The lowest BCUT2D eigenvalue weighted by Crippen LogP contribution is -2.37. The van der Waals surface area contributed by atoms with Gasteiger partial charge in [-0.2, -0.15) is 5.26 Å². The van der Waals surface area contributed by atoms with Gasteiger partial charge in [0.05, 0.1) is 17.6 Å². The van der Waals surface area contributed by atoms with Crippen molar-refractivity contribution in [1.29, 1.82) is 5.26 Å². The number of rotatable bonds is 0. The fourth-order valence-corrected chi connectivity index (χ4v) is 2.52. The van der Waals surface area contributed by atoms with Crippen molar-refractivity contribution in [2.24, 2.45) is 10.8 Å². The van der Waals surface area contributed by atoms with Crippen LogP contribution >= 0.6 is 0 Å². The van der Waals surface area contributed by atoms with Gasteiger partial charge >= 0.3 is 0 Å². The molecule has 0 aromatic carbocycles. The molecule has 2 heteroatoms. The molecule has 1 N–H and O–H groups in total. The highest BCUT2D eigenvalue weighted by Gasteiger charge is 2.40. The van der Waals surface area contributed by atoms with Crippen LogP contribution in [0.1, 0.15) is 40.0 Å². The van der Waals surface area contributed by atoms with E-state index in [1.54, 1.807) is 0 Å². The summed E-state index contributed by atoms with van der Waals surface area (Å²) in [6.45, 7) is 6.17. The summed E-state index contributed by atoms with van der Waals surface area (Å²) in [6.07, 6.45) is 2.06. The van der Waals surface area contributed by atoms with E-state index in [9.17, 15) is 5.11 Å². The minimum Gasteiger partial charge on any atom is -0.393 e. The summed E-state index contributed by atoms with van der Waals surface area (Å²) in [5.41, 5.74) is -0.205. The van der Waals surface area contributed by atoms with Crippen molar-refractivity contribution in [3.8, 4) is 6.07 Å². The fourth-order valence-electron chi connectivity index (χ4n) is 2.52. The van der Waals surface area contributed by atoms with Gasteiger partial charge in [-0.1, -0.05) is 13.8 Å². The average molecular weight is 167 g/mol. The molecule has 0 heterocycles. The molecule has 68 valence electrons. The molecule has 0 aromatic heterocycles. The molecule has 0 spiro atoms. The molecular formula is C10H17NO. The first-order valence-corrected chi connectivity index (χ1v) is 4.46. The van der Waals surface area contributed by atoms with Gasteiger partial charge in [-0.3, -0.25) is 0 Å². The third kappa shape index (κ3) is 1.98. The van der Waals surface area contributed by atoms with E-state index in [2.05, 4.69) is 19.9 Å². The van der Waals surface area contributed by atoms with Crippen LogP contribution in [0.15, 0.2) is 0 Å². The van der Waals surface area contributed by atoms with E-state index in [1.807, 2.05) is 6.92 Å². The lowest BCUT2D eigenvalue weighted by Gasteiger charge is -2.41. The predicted octanol–water partition coefficient (Wildman–Crippen LogP) is 2.09. The van der Waals surface area contributed by atoms with Crippen LogP contribution in [0.3, 0.4) is 0 Å². The van der Waals surface area contributed by atoms with Crippen LogP contribution in [0.5, 0.6) is 0 Å². The van der Waals surface area contributed by atoms with Crippen molar-refractivity contribution in [2.45, 2.75) is 46.1 Å². The first-order chi connectivity index (χ1) is 5.37. The number of hydrogen-bond donors (Lipinski definition) is 1. The summed E-state index contributed by atoms with van der Waals surface area (Å²) in [7, 11) is 0. The maximum Gasteiger partial charge on any atom is 0.0688 e.